The fourth-order valence-corrected chi connectivity index (χ4v) is 4.10. The van der Waals surface area contributed by atoms with Crippen LogP contribution in [0.25, 0.3) is 0 Å². The molecule has 3 heterocycles. The van der Waals surface area contributed by atoms with Crippen LogP contribution in [0.1, 0.15) is 18.4 Å². The van der Waals surface area contributed by atoms with E-state index in [0.29, 0.717) is 17.1 Å². The monoisotopic (exact) mass is 374 g/mol. The number of benzene rings is 2. The molecule has 0 unspecified atom stereocenters. The molecular formula is C21H18N4O3. The Hall–Kier alpha value is -3.66. The highest BCUT2D eigenvalue weighted by Gasteiger charge is 2.49. The molecule has 0 saturated heterocycles. The number of rotatable bonds is 2. The van der Waals surface area contributed by atoms with Crippen molar-refractivity contribution in [3.8, 4) is 17.6 Å². The van der Waals surface area contributed by atoms with Gasteiger partial charge in [0.25, 0.3) is 0 Å². The lowest BCUT2D eigenvalue weighted by atomic mass is 9.76. The van der Waals surface area contributed by atoms with Gasteiger partial charge in [-0.1, -0.05) is 24.3 Å². The highest BCUT2D eigenvalue weighted by atomic mass is 16.7. The second kappa shape index (κ2) is 6.20. The van der Waals surface area contributed by atoms with Crippen LogP contribution in [0.5, 0.6) is 11.5 Å². The van der Waals surface area contributed by atoms with Crippen LogP contribution in [0.2, 0.25) is 0 Å². The van der Waals surface area contributed by atoms with Gasteiger partial charge in [0.05, 0.1) is 17.2 Å². The number of anilines is 1. The average Bonchev–Trinajstić information content (AvgIpc) is 3.31. The fraction of sp³-hybridized carbons (Fsp3) is 0.238. The number of nitrogens with zero attached hydrogens (tertiary/aromatic N) is 3. The van der Waals surface area contributed by atoms with Crippen LogP contribution in [0, 0.1) is 17.2 Å². The van der Waals surface area contributed by atoms with Gasteiger partial charge in [0, 0.05) is 11.6 Å². The highest BCUT2D eigenvalue weighted by molar-refractivity contribution is 5.90. The van der Waals surface area contributed by atoms with Crippen LogP contribution in [0.3, 0.4) is 0 Å². The van der Waals surface area contributed by atoms with Crippen LogP contribution in [0.15, 0.2) is 65.1 Å². The molecule has 0 bridgehead atoms. The molecule has 0 spiro atoms. The molecule has 0 aromatic heterocycles. The van der Waals surface area contributed by atoms with Crippen LogP contribution in [-0.4, -0.2) is 18.7 Å². The number of allylic oxidation sites excluding steroid dienone is 1. The van der Waals surface area contributed by atoms with E-state index in [0.717, 1.165) is 17.0 Å². The van der Waals surface area contributed by atoms with E-state index in [1.54, 1.807) is 0 Å². The lowest BCUT2D eigenvalue weighted by Gasteiger charge is -2.37. The van der Waals surface area contributed by atoms with Gasteiger partial charge < -0.3 is 19.9 Å². The summed E-state index contributed by atoms with van der Waals surface area (Å²) in [7, 11) is 0. The van der Waals surface area contributed by atoms with Gasteiger partial charge in [-0.15, -0.1) is 0 Å². The third kappa shape index (κ3) is 2.38. The van der Waals surface area contributed by atoms with E-state index < -0.39 is 6.23 Å². The van der Waals surface area contributed by atoms with Crippen molar-refractivity contribution in [1.29, 1.82) is 5.26 Å². The standard InChI is InChI=1S/C21H18N4O3/c1-12-18-19(13-7-8-16-17(9-13)27-11-26-16)15(10-22)20(23)28-21(18)25(24-12)14-5-3-2-4-6-14/h2-9,18-19,21H,11,23H2,1H3/t18-,19+,21-/m1/s1. The first kappa shape index (κ1) is 16.5. The van der Waals surface area contributed by atoms with E-state index in [1.807, 2.05) is 60.5 Å². The van der Waals surface area contributed by atoms with Crippen molar-refractivity contribution >= 4 is 11.4 Å². The predicted octanol–water partition coefficient (Wildman–Crippen LogP) is 3.06. The maximum atomic E-state index is 9.80. The molecule has 0 radical (unpaired) electrons. The smallest absolute Gasteiger partial charge is 0.231 e. The van der Waals surface area contributed by atoms with Crippen LogP contribution >= 0.6 is 0 Å². The summed E-state index contributed by atoms with van der Waals surface area (Å²) in [5, 5.41) is 16.4. The Bertz CT molecular complexity index is 1040. The predicted molar refractivity (Wildman–Crippen MR) is 103 cm³/mol. The number of hydrogen-bond donors (Lipinski definition) is 1. The van der Waals surface area contributed by atoms with Gasteiger partial charge in [0.1, 0.15) is 6.07 Å². The Morgan fingerprint density at radius 2 is 1.93 bits per heavy atom. The van der Waals surface area contributed by atoms with Gasteiger partial charge in [-0.25, -0.2) is 5.01 Å². The second-order valence-corrected chi connectivity index (χ2v) is 6.94. The SMILES string of the molecule is CC1=NN(c2ccccc2)[C@@H]2OC(N)=C(C#N)[C@H](c3ccc4c(c3)OCO4)[C@@H]12. The topological polar surface area (TPSA) is 93.1 Å². The first-order valence-electron chi connectivity index (χ1n) is 9.02. The number of para-hydroxylation sites is 1. The van der Waals surface area contributed by atoms with Crippen LogP contribution in [-0.2, 0) is 4.74 Å². The summed E-state index contributed by atoms with van der Waals surface area (Å²) in [5.74, 6) is 1.07. The molecule has 2 aromatic carbocycles. The Labute approximate surface area is 162 Å². The van der Waals surface area contributed by atoms with Gasteiger partial charge in [-0.05, 0) is 36.8 Å². The lowest BCUT2D eigenvalue weighted by molar-refractivity contribution is 0.0662. The Balaban J connectivity index is 1.61. The number of hydrogen-bond acceptors (Lipinski definition) is 7. The van der Waals surface area contributed by atoms with Crippen molar-refractivity contribution in [2.45, 2.75) is 19.1 Å². The summed E-state index contributed by atoms with van der Waals surface area (Å²) in [5.41, 5.74) is 9.30. The van der Waals surface area contributed by atoms with Gasteiger partial charge >= 0.3 is 0 Å². The second-order valence-electron chi connectivity index (χ2n) is 6.94. The maximum absolute atomic E-state index is 9.80. The van der Waals surface area contributed by atoms with Crippen LogP contribution < -0.4 is 20.2 Å². The van der Waals surface area contributed by atoms with Crippen molar-refractivity contribution in [1.82, 2.24) is 0 Å². The van der Waals surface area contributed by atoms with E-state index in [1.165, 1.54) is 0 Å². The van der Waals surface area contributed by atoms with Crippen molar-refractivity contribution < 1.29 is 14.2 Å². The third-order valence-corrected chi connectivity index (χ3v) is 5.38. The Kier molecular flexibility index (Phi) is 3.66. The van der Waals surface area contributed by atoms with Crippen LogP contribution in [0.4, 0.5) is 5.69 Å². The molecule has 5 rings (SSSR count). The average molecular weight is 374 g/mol. The fourth-order valence-electron chi connectivity index (χ4n) is 4.10. The van der Waals surface area contributed by atoms with E-state index >= 15 is 0 Å². The molecule has 28 heavy (non-hydrogen) atoms. The molecule has 2 aromatic rings. The zero-order valence-corrected chi connectivity index (χ0v) is 15.2. The highest BCUT2D eigenvalue weighted by Crippen LogP contribution is 2.47. The molecule has 3 aliphatic rings. The molecule has 140 valence electrons. The van der Waals surface area contributed by atoms with Gasteiger partial charge in [-0.3, -0.25) is 0 Å². The van der Waals surface area contributed by atoms with Crippen molar-refractivity contribution in [3.63, 3.8) is 0 Å². The summed E-state index contributed by atoms with van der Waals surface area (Å²) in [6.07, 6.45) is -0.421. The molecule has 7 heteroatoms. The molecular weight excluding hydrogens is 356 g/mol. The van der Waals surface area contributed by atoms with Crippen molar-refractivity contribution in [3.05, 3.63) is 65.6 Å². The minimum Gasteiger partial charge on any atom is -0.454 e. The summed E-state index contributed by atoms with van der Waals surface area (Å²) < 4.78 is 16.9. The summed E-state index contributed by atoms with van der Waals surface area (Å²) in [6, 6.07) is 17.8. The van der Waals surface area contributed by atoms with Gasteiger partial charge in [0.2, 0.25) is 18.9 Å². The summed E-state index contributed by atoms with van der Waals surface area (Å²) >= 11 is 0. The zero-order chi connectivity index (χ0) is 19.3. The molecule has 7 nitrogen and oxygen atoms in total. The summed E-state index contributed by atoms with van der Waals surface area (Å²) in [6.45, 7) is 2.16. The molecule has 0 saturated carbocycles. The normalized spacial score (nSPS) is 25.1. The van der Waals surface area contributed by atoms with E-state index in [9.17, 15) is 5.26 Å². The maximum Gasteiger partial charge on any atom is 0.231 e. The van der Waals surface area contributed by atoms with Gasteiger partial charge in [-0.2, -0.15) is 10.4 Å². The Morgan fingerprint density at radius 3 is 2.71 bits per heavy atom. The van der Waals surface area contributed by atoms with Gasteiger partial charge in [0.15, 0.2) is 11.5 Å². The van der Waals surface area contributed by atoms with Crippen molar-refractivity contribution in [2.75, 3.05) is 11.8 Å². The molecule has 0 fully saturated rings. The lowest BCUT2D eigenvalue weighted by Crippen LogP contribution is -2.43. The molecule has 3 atom stereocenters. The quantitative estimate of drug-likeness (QED) is 0.868. The largest absolute Gasteiger partial charge is 0.454 e. The minimum absolute atomic E-state index is 0.136. The molecule has 0 aliphatic carbocycles. The number of fused-ring (bicyclic) bond motifs is 2. The number of hydrazone groups is 1. The number of ether oxygens (including phenoxy) is 3. The minimum atomic E-state index is -0.421. The molecule has 3 aliphatic heterocycles. The first-order chi connectivity index (χ1) is 13.7. The van der Waals surface area contributed by atoms with E-state index in [4.69, 9.17) is 25.0 Å². The number of nitriles is 1. The molecule has 2 N–H and O–H groups in total. The first-order valence-corrected chi connectivity index (χ1v) is 9.02. The zero-order valence-electron chi connectivity index (χ0n) is 15.2. The summed E-state index contributed by atoms with van der Waals surface area (Å²) in [4.78, 5) is 0. The third-order valence-electron chi connectivity index (χ3n) is 5.38. The van der Waals surface area contributed by atoms with Crippen molar-refractivity contribution in [2.24, 2.45) is 16.8 Å². The number of nitrogens with two attached hydrogens (primary N) is 1. The van der Waals surface area contributed by atoms with E-state index in [2.05, 4.69) is 6.07 Å². The van der Waals surface area contributed by atoms with E-state index in [-0.39, 0.29) is 24.5 Å². The molecule has 0 amide bonds. The Morgan fingerprint density at radius 1 is 1.14 bits per heavy atom.